The van der Waals surface area contributed by atoms with Gasteiger partial charge in [-0.15, -0.1) is 0 Å². The molecule has 0 spiro atoms. The SMILES string of the molecule is CC(=N[S@+]([O-])C(C)(C)C)c1cc(F)cc2c1O[C@](C)(CN=[N+]=[N-])CO2. The molecule has 2 rings (SSSR count). The molecule has 1 aromatic carbocycles. The molecule has 0 amide bonds. The number of rotatable bonds is 4. The van der Waals surface area contributed by atoms with E-state index in [9.17, 15) is 8.94 Å². The van der Waals surface area contributed by atoms with Crippen LogP contribution in [-0.4, -0.2) is 33.8 Å². The van der Waals surface area contributed by atoms with Gasteiger partial charge in [0.1, 0.15) is 34.1 Å². The van der Waals surface area contributed by atoms with Crippen molar-refractivity contribution in [2.45, 2.75) is 45.0 Å². The molecule has 0 bridgehead atoms. The Morgan fingerprint density at radius 1 is 1.48 bits per heavy atom. The zero-order valence-corrected chi connectivity index (χ0v) is 15.7. The van der Waals surface area contributed by atoms with Crippen molar-refractivity contribution in [3.05, 3.63) is 34.0 Å². The fourth-order valence-electron chi connectivity index (χ4n) is 2.13. The van der Waals surface area contributed by atoms with Crippen molar-refractivity contribution in [3.8, 4) is 11.5 Å². The van der Waals surface area contributed by atoms with E-state index in [0.717, 1.165) is 0 Å². The van der Waals surface area contributed by atoms with E-state index in [2.05, 4.69) is 14.4 Å². The van der Waals surface area contributed by atoms with Crippen molar-refractivity contribution in [1.29, 1.82) is 0 Å². The monoisotopic (exact) mass is 368 g/mol. The summed E-state index contributed by atoms with van der Waals surface area (Å²) in [4.78, 5) is 2.73. The summed E-state index contributed by atoms with van der Waals surface area (Å²) in [5.41, 5.74) is 8.38. The van der Waals surface area contributed by atoms with Gasteiger partial charge in [-0.3, -0.25) is 0 Å². The van der Waals surface area contributed by atoms with Crippen LogP contribution in [0.1, 0.15) is 40.2 Å². The molecule has 1 aromatic rings. The quantitative estimate of drug-likeness (QED) is 0.264. The third-order valence-corrected chi connectivity index (χ3v) is 4.99. The first-order valence-corrected chi connectivity index (χ1v) is 8.80. The number of azide groups is 1. The maximum absolute atomic E-state index is 13.9. The molecule has 25 heavy (non-hydrogen) atoms. The number of fused-ring (bicyclic) bond motifs is 1. The van der Waals surface area contributed by atoms with Crippen molar-refractivity contribution >= 4 is 17.1 Å². The normalized spacial score (nSPS) is 21.5. The summed E-state index contributed by atoms with van der Waals surface area (Å²) >= 11 is -1.50. The first-order chi connectivity index (χ1) is 11.6. The van der Waals surface area contributed by atoms with Gasteiger partial charge >= 0.3 is 0 Å². The Balaban J connectivity index is 2.46. The highest BCUT2D eigenvalue weighted by atomic mass is 32.2. The van der Waals surface area contributed by atoms with Gasteiger partial charge in [-0.25, -0.2) is 4.39 Å². The molecule has 1 aliphatic rings. The maximum Gasteiger partial charge on any atom is 0.171 e. The number of hydrogen-bond acceptors (Lipinski definition) is 5. The first-order valence-electron chi connectivity index (χ1n) is 7.70. The summed E-state index contributed by atoms with van der Waals surface area (Å²) in [5, 5.41) is 3.54. The Bertz CT molecular complexity index is 744. The lowest BCUT2D eigenvalue weighted by atomic mass is 10.0. The van der Waals surface area contributed by atoms with Gasteiger partial charge in [0, 0.05) is 16.5 Å². The summed E-state index contributed by atoms with van der Waals surface area (Å²) in [6.07, 6.45) is 0. The second-order valence-corrected chi connectivity index (χ2v) is 8.95. The molecule has 0 saturated heterocycles. The number of halogens is 1. The molecular weight excluding hydrogens is 347 g/mol. The number of benzene rings is 1. The molecule has 9 heteroatoms. The Morgan fingerprint density at radius 2 is 2.16 bits per heavy atom. The first kappa shape index (κ1) is 19.4. The molecule has 0 unspecified atom stereocenters. The molecular formula is C16H21FN4O3S. The second kappa shape index (κ2) is 7.11. The van der Waals surface area contributed by atoms with Crippen LogP contribution in [0.5, 0.6) is 11.5 Å². The van der Waals surface area contributed by atoms with Gasteiger partial charge in [0.05, 0.1) is 12.3 Å². The van der Waals surface area contributed by atoms with Gasteiger partial charge in [0.25, 0.3) is 0 Å². The standard InChI is InChI=1S/C16H21FN4O3S/c1-10(20-25(22)15(2,3)4)12-6-11(17)7-13-14(12)24-16(5,9-23-13)8-19-21-18/h6-7H,8-9H2,1-5H3/t16-,25-/m1/s1. The Labute approximate surface area is 149 Å². The molecule has 136 valence electrons. The molecule has 0 aliphatic carbocycles. The molecule has 0 radical (unpaired) electrons. The second-order valence-electron chi connectivity index (χ2n) is 7.05. The minimum atomic E-state index is -1.50. The van der Waals surface area contributed by atoms with Crippen molar-refractivity contribution in [3.63, 3.8) is 0 Å². The number of nitrogens with zero attached hydrogens (tertiary/aromatic N) is 4. The molecule has 0 fully saturated rings. The molecule has 7 nitrogen and oxygen atoms in total. The van der Waals surface area contributed by atoms with Crippen LogP contribution in [-0.2, 0) is 11.4 Å². The van der Waals surface area contributed by atoms with E-state index in [-0.39, 0.29) is 18.9 Å². The molecule has 0 aromatic heterocycles. The average molecular weight is 368 g/mol. The topological polar surface area (TPSA) is 103 Å². The molecule has 2 atom stereocenters. The van der Waals surface area contributed by atoms with E-state index in [1.165, 1.54) is 12.1 Å². The van der Waals surface area contributed by atoms with E-state index in [1.807, 2.05) is 0 Å². The lowest BCUT2D eigenvalue weighted by Crippen LogP contribution is -2.45. The minimum absolute atomic E-state index is 0.0594. The molecule has 0 saturated carbocycles. The van der Waals surface area contributed by atoms with Gasteiger partial charge in [0.2, 0.25) is 0 Å². The largest absolute Gasteiger partial charge is 0.591 e. The van der Waals surface area contributed by atoms with Gasteiger partial charge in [0.15, 0.2) is 11.5 Å². The summed E-state index contributed by atoms with van der Waals surface area (Å²) in [7, 11) is 0. The predicted octanol–water partition coefficient (Wildman–Crippen LogP) is 3.94. The van der Waals surface area contributed by atoms with Gasteiger partial charge in [-0.1, -0.05) is 9.51 Å². The summed E-state index contributed by atoms with van der Waals surface area (Å²) in [5.74, 6) is 0.0343. The maximum atomic E-state index is 13.9. The van der Waals surface area contributed by atoms with Crippen LogP contribution in [0, 0.1) is 5.82 Å². The third-order valence-electron chi connectivity index (χ3n) is 3.50. The highest BCUT2D eigenvalue weighted by Gasteiger charge is 2.35. The molecule has 1 heterocycles. The zero-order chi connectivity index (χ0) is 18.8. The van der Waals surface area contributed by atoms with Crippen molar-refractivity contribution in [2.75, 3.05) is 13.2 Å². The smallest absolute Gasteiger partial charge is 0.171 e. The lowest BCUT2D eigenvalue weighted by Gasteiger charge is -2.35. The van der Waals surface area contributed by atoms with E-state index in [4.69, 9.17) is 15.0 Å². The Hall–Kier alpha value is -1.96. The van der Waals surface area contributed by atoms with Crippen LogP contribution < -0.4 is 9.47 Å². The van der Waals surface area contributed by atoms with Crippen LogP contribution in [0.3, 0.4) is 0 Å². The molecule has 0 N–H and O–H groups in total. The fourth-order valence-corrected chi connectivity index (χ4v) is 2.75. The van der Waals surface area contributed by atoms with E-state index in [0.29, 0.717) is 17.0 Å². The number of hydrogen-bond donors (Lipinski definition) is 0. The summed E-state index contributed by atoms with van der Waals surface area (Å²) in [6.45, 7) is 8.96. The fraction of sp³-hybridized carbons (Fsp3) is 0.562. The van der Waals surface area contributed by atoms with Crippen LogP contribution >= 0.6 is 0 Å². The average Bonchev–Trinajstić information content (AvgIpc) is 2.52. The van der Waals surface area contributed by atoms with Crippen LogP contribution in [0.15, 0.2) is 21.6 Å². The Kier molecular flexibility index (Phi) is 5.51. The van der Waals surface area contributed by atoms with E-state index in [1.54, 1.807) is 34.6 Å². The van der Waals surface area contributed by atoms with Gasteiger partial charge in [-0.05, 0) is 46.2 Å². The highest BCUT2D eigenvalue weighted by molar-refractivity contribution is 7.91. The van der Waals surface area contributed by atoms with E-state index < -0.39 is 27.5 Å². The Morgan fingerprint density at radius 3 is 2.76 bits per heavy atom. The van der Waals surface area contributed by atoms with Crippen molar-refractivity contribution < 1.29 is 18.4 Å². The number of ether oxygens (including phenoxy) is 2. The lowest BCUT2D eigenvalue weighted by molar-refractivity contribution is 0.0130. The molecule has 1 aliphatic heterocycles. The zero-order valence-electron chi connectivity index (χ0n) is 14.9. The summed E-state index contributed by atoms with van der Waals surface area (Å²) in [6, 6.07) is 2.49. The van der Waals surface area contributed by atoms with Crippen molar-refractivity contribution in [1.82, 2.24) is 0 Å². The van der Waals surface area contributed by atoms with Gasteiger partial charge < -0.3 is 14.0 Å². The van der Waals surface area contributed by atoms with Crippen LogP contribution in [0.2, 0.25) is 0 Å². The van der Waals surface area contributed by atoms with Gasteiger partial charge in [-0.2, -0.15) is 0 Å². The highest BCUT2D eigenvalue weighted by Crippen LogP contribution is 2.40. The van der Waals surface area contributed by atoms with E-state index >= 15 is 0 Å². The third kappa shape index (κ3) is 4.56. The van der Waals surface area contributed by atoms with Crippen LogP contribution in [0.25, 0.3) is 10.4 Å². The minimum Gasteiger partial charge on any atom is -0.591 e. The predicted molar refractivity (Wildman–Crippen MR) is 95.0 cm³/mol. The van der Waals surface area contributed by atoms with Crippen LogP contribution in [0.4, 0.5) is 4.39 Å². The summed E-state index contributed by atoms with van der Waals surface area (Å²) < 4.78 is 41.4. The van der Waals surface area contributed by atoms with Crippen molar-refractivity contribution in [2.24, 2.45) is 9.51 Å².